The van der Waals surface area contributed by atoms with Crippen molar-refractivity contribution in [2.45, 2.75) is 105 Å². The number of fused-ring (bicyclic) bond motifs is 9. The summed E-state index contributed by atoms with van der Waals surface area (Å²) in [4.78, 5) is 5.08. The summed E-state index contributed by atoms with van der Waals surface area (Å²) in [6, 6.07) is 30.2. The molecule has 0 amide bonds. The number of hydrogen-bond donors (Lipinski definition) is 0. The first kappa shape index (κ1) is 32.1. The average molecular weight is 716 g/mol. The second-order valence-corrected chi connectivity index (χ2v) is 19.0. The molecule has 0 fully saturated rings. The standard InChI is InChI=1S/C49H49NS2/c1-3-14-32(15-4-1)33-27-29-46-41(30-33)49(38-20-8-11-24-44(38)51-46)39-21-9-12-25-45(39)52-47-31-34(26-28-40(47)49)36-19-13-23-43-48(36)37-18-7-10-22-42(37)50(43)35-16-5-2-6-17-35/h1-3,5-7,9-10,12,14,16-18,21-22,25-26,28,33-34,36,40,47H,4,8,11,13,15,19-20,23-24,27,29-31H2. The molecule has 5 aliphatic carbocycles. The summed E-state index contributed by atoms with van der Waals surface area (Å²) in [6.07, 6.45) is 29.4. The van der Waals surface area contributed by atoms with Crippen LogP contribution in [0.5, 0.6) is 0 Å². The first-order chi connectivity index (χ1) is 25.8. The highest BCUT2D eigenvalue weighted by atomic mass is 32.2. The molecule has 11 rings (SSSR count). The second kappa shape index (κ2) is 12.9. The molecule has 6 unspecified atom stereocenters. The van der Waals surface area contributed by atoms with Crippen LogP contribution in [-0.4, -0.2) is 9.82 Å². The SMILES string of the molecule is C1=CCCC(C2CCC3=C(C2)C2(C4=C(CCCC4)S3)c3ccccc3SC3CC(C4CCCc5c4c4ccccc4n5-c4ccccc4)C=CC32)=C1. The lowest BCUT2D eigenvalue weighted by Crippen LogP contribution is -2.50. The highest BCUT2D eigenvalue weighted by molar-refractivity contribution is 8.06. The lowest BCUT2D eigenvalue weighted by Gasteiger charge is -2.57. The van der Waals surface area contributed by atoms with Gasteiger partial charge in [0.2, 0.25) is 0 Å². The maximum absolute atomic E-state index is 2.82. The molecule has 0 radical (unpaired) electrons. The molecule has 0 bridgehead atoms. The summed E-state index contributed by atoms with van der Waals surface area (Å²) in [7, 11) is 0. The van der Waals surface area contributed by atoms with Crippen LogP contribution in [0.4, 0.5) is 0 Å². The van der Waals surface area contributed by atoms with Gasteiger partial charge in [-0.25, -0.2) is 0 Å². The number of benzene rings is 3. The molecule has 6 atom stereocenters. The molecule has 52 heavy (non-hydrogen) atoms. The number of allylic oxidation sites excluding steroid dienone is 10. The van der Waals surface area contributed by atoms with Crippen LogP contribution >= 0.6 is 23.5 Å². The van der Waals surface area contributed by atoms with Gasteiger partial charge in [-0.05, 0) is 158 Å². The fraction of sp³-hybridized carbons (Fsp3) is 0.388. The van der Waals surface area contributed by atoms with Gasteiger partial charge in [0.15, 0.2) is 0 Å². The molecule has 3 aromatic carbocycles. The van der Waals surface area contributed by atoms with Gasteiger partial charge in [-0.2, -0.15) is 0 Å². The van der Waals surface area contributed by atoms with Gasteiger partial charge in [-0.3, -0.25) is 0 Å². The largest absolute Gasteiger partial charge is 0.313 e. The molecule has 1 aromatic heterocycles. The number of thioether (sulfide) groups is 2. The third-order valence-electron chi connectivity index (χ3n) is 14.1. The van der Waals surface area contributed by atoms with E-state index < -0.39 is 0 Å². The zero-order valence-electron chi connectivity index (χ0n) is 30.2. The molecule has 1 nitrogen and oxygen atoms in total. The molecule has 3 heteroatoms. The minimum absolute atomic E-state index is 0.0229. The van der Waals surface area contributed by atoms with Crippen molar-refractivity contribution in [2.75, 3.05) is 0 Å². The van der Waals surface area contributed by atoms with Crippen LogP contribution in [-0.2, 0) is 11.8 Å². The Morgan fingerprint density at radius 2 is 1.58 bits per heavy atom. The fourth-order valence-corrected chi connectivity index (χ4v) is 15.1. The van der Waals surface area contributed by atoms with E-state index in [0.717, 1.165) is 0 Å². The minimum atomic E-state index is 0.0229. The third kappa shape index (κ3) is 4.83. The first-order valence-electron chi connectivity index (χ1n) is 20.4. The summed E-state index contributed by atoms with van der Waals surface area (Å²) in [5.41, 5.74) is 13.0. The van der Waals surface area contributed by atoms with Crippen molar-refractivity contribution in [3.8, 4) is 5.69 Å². The Morgan fingerprint density at radius 1 is 0.731 bits per heavy atom. The molecule has 2 aliphatic heterocycles. The molecule has 7 aliphatic rings. The van der Waals surface area contributed by atoms with Crippen molar-refractivity contribution in [3.63, 3.8) is 0 Å². The van der Waals surface area contributed by atoms with E-state index >= 15 is 0 Å². The Kier molecular flexibility index (Phi) is 7.94. The summed E-state index contributed by atoms with van der Waals surface area (Å²) < 4.78 is 2.61. The molecule has 262 valence electrons. The first-order valence-corrected chi connectivity index (χ1v) is 22.1. The van der Waals surface area contributed by atoms with Crippen molar-refractivity contribution in [1.82, 2.24) is 4.57 Å². The third-order valence-corrected chi connectivity index (χ3v) is 16.9. The zero-order chi connectivity index (χ0) is 34.2. The zero-order valence-corrected chi connectivity index (χ0v) is 31.9. The quantitative estimate of drug-likeness (QED) is 0.195. The lowest BCUT2D eigenvalue weighted by molar-refractivity contribution is 0.299. The molecular formula is C49H49NS2. The fourth-order valence-electron chi connectivity index (χ4n) is 12.0. The minimum Gasteiger partial charge on any atom is -0.313 e. The van der Waals surface area contributed by atoms with Crippen LogP contribution in [0.1, 0.15) is 99.8 Å². The van der Waals surface area contributed by atoms with Gasteiger partial charge in [0.1, 0.15) is 0 Å². The smallest absolute Gasteiger partial charge is 0.0534 e. The number of aromatic nitrogens is 1. The molecule has 0 saturated carbocycles. The van der Waals surface area contributed by atoms with E-state index in [-0.39, 0.29) is 5.41 Å². The highest BCUT2D eigenvalue weighted by Crippen LogP contribution is 2.68. The van der Waals surface area contributed by atoms with E-state index in [2.05, 4.69) is 137 Å². The van der Waals surface area contributed by atoms with Crippen molar-refractivity contribution in [1.29, 1.82) is 0 Å². The monoisotopic (exact) mass is 715 g/mol. The Morgan fingerprint density at radius 3 is 2.50 bits per heavy atom. The summed E-state index contributed by atoms with van der Waals surface area (Å²) in [5.74, 6) is 2.34. The van der Waals surface area contributed by atoms with Gasteiger partial charge < -0.3 is 4.57 Å². The summed E-state index contributed by atoms with van der Waals surface area (Å²) >= 11 is 4.48. The predicted octanol–water partition coefficient (Wildman–Crippen LogP) is 13.6. The molecule has 4 aromatic rings. The normalized spacial score (nSPS) is 30.8. The molecule has 3 heterocycles. The maximum atomic E-state index is 2.82. The van der Waals surface area contributed by atoms with Crippen molar-refractivity contribution < 1.29 is 0 Å². The number of hydrogen-bond acceptors (Lipinski definition) is 2. The maximum Gasteiger partial charge on any atom is 0.0534 e. The highest BCUT2D eigenvalue weighted by Gasteiger charge is 2.57. The summed E-state index contributed by atoms with van der Waals surface area (Å²) in [5, 5.41) is 2.07. The summed E-state index contributed by atoms with van der Waals surface area (Å²) in [6.45, 7) is 0. The van der Waals surface area contributed by atoms with E-state index in [4.69, 9.17) is 0 Å². The van der Waals surface area contributed by atoms with E-state index in [9.17, 15) is 0 Å². The Hall–Kier alpha value is -3.40. The van der Waals surface area contributed by atoms with Crippen LogP contribution in [0.15, 0.2) is 141 Å². The lowest BCUT2D eigenvalue weighted by atomic mass is 9.53. The second-order valence-electron chi connectivity index (χ2n) is 16.6. The molecule has 1 spiro atoms. The Bertz CT molecular complexity index is 2230. The van der Waals surface area contributed by atoms with Gasteiger partial charge in [0.25, 0.3) is 0 Å². The average Bonchev–Trinajstić information content (AvgIpc) is 3.56. The van der Waals surface area contributed by atoms with E-state index in [1.807, 2.05) is 11.1 Å². The van der Waals surface area contributed by atoms with Gasteiger partial charge in [0.05, 0.1) is 5.52 Å². The van der Waals surface area contributed by atoms with E-state index in [0.29, 0.717) is 28.9 Å². The van der Waals surface area contributed by atoms with Gasteiger partial charge >= 0.3 is 0 Å². The van der Waals surface area contributed by atoms with Gasteiger partial charge in [0, 0.05) is 38.2 Å². The van der Waals surface area contributed by atoms with E-state index in [1.54, 1.807) is 37.1 Å². The predicted molar refractivity (Wildman–Crippen MR) is 221 cm³/mol. The molecule has 0 N–H and O–H groups in total. The number of nitrogens with zero attached hydrogens (tertiary/aromatic N) is 1. The van der Waals surface area contributed by atoms with E-state index in [1.165, 1.54) is 100 Å². The van der Waals surface area contributed by atoms with Crippen LogP contribution < -0.4 is 0 Å². The van der Waals surface area contributed by atoms with Crippen molar-refractivity contribution in [2.24, 2.45) is 17.8 Å². The van der Waals surface area contributed by atoms with Gasteiger partial charge in [-0.1, -0.05) is 102 Å². The molecule has 0 saturated heterocycles. The number of rotatable bonds is 3. The van der Waals surface area contributed by atoms with Crippen molar-refractivity contribution in [3.05, 3.63) is 153 Å². The number of para-hydroxylation sites is 2. The van der Waals surface area contributed by atoms with Crippen LogP contribution in [0.3, 0.4) is 0 Å². The Balaban J connectivity index is 1.05. The van der Waals surface area contributed by atoms with Gasteiger partial charge in [-0.15, -0.1) is 11.8 Å². The Labute approximate surface area is 318 Å². The van der Waals surface area contributed by atoms with Crippen LogP contribution in [0, 0.1) is 17.8 Å². The van der Waals surface area contributed by atoms with Crippen LogP contribution in [0.2, 0.25) is 0 Å². The topological polar surface area (TPSA) is 4.93 Å². The van der Waals surface area contributed by atoms with Crippen LogP contribution in [0.25, 0.3) is 16.6 Å². The molecular weight excluding hydrogens is 667 g/mol. The van der Waals surface area contributed by atoms with Crippen molar-refractivity contribution >= 4 is 34.4 Å².